The van der Waals surface area contributed by atoms with E-state index < -0.39 is 0 Å². The maximum Gasteiger partial charge on any atom is 0.306 e. The highest BCUT2D eigenvalue weighted by Crippen LogP contribution is 2.14. The van der Waals surface area contributed by atoms with Crippen LogP contribution in [0, 0.1) is 0 Å². The first kappa shape index (κ1) is 27.9. The molecule has 0 aliphatic heterocycles. The Morgan fingerprint density at radius 2 is 1.00 bits per heavy atom. The molecule has 168 valence electrons. The lowest BCUT2D eigenvalue weighted by Gasteiger charge is -2.07. The van der Waals surface area contributed by atoms with E-state index in [1.54, 1.807) is 0 Å². The number of hydrogen-bond donors (Lipinski definition) is 0. The number of hydrogen-bond acceptors (Lipinski definition) is 2. The second kappa shape index (κ2) is 23.2. The van der Waals surface area contributed by atoms with Crippen LogP contribution in [0.2, 0.25) is 0 Å². The Labute approximate surface area is 185 Å². The van der Waals surface area contributed by atoms with Crippen LogP contribution in [0.25, 0.3) is 0 Å². The van der Waals surface area contributed by atoms with Crippen LogP contribution in [0.1, 0.15) is 142 Å². The molecule has 0 N–H and O–H groups in total. The van der Waals surface area contributed by atoms with Gasteiger partial charge in [0.15, 0.2) is 0 Å². The molecule has 3 heteroatoms. The van der Waals surface area contributed by atoms with Gasteiger partial charge in [-0.15, -0.1) is 0 Å². The van der Waals surface area contributed by atoms with Gasteiger partial charge in [0, 0.05) is 4.83 Å². The van der Waals surface area contributed by atoms with E-state index in [0.29, 0.717) is 13.0 Å². The van der Waals surface area contributed by atoms with Crippen LogP contribution in [-0.2, 0) is 9.53 Å². The predicted molar refractivity (Wildman–Crippen MR) is 127 cm³/mol. The molecule has 0 spiro atoms. The van der Waals surface area contributed by atoms with E-state index in [9.17, 15) is 4.79 Å². The lowest BCUT2D eigenvalue weighted by Crippen LogP contribution is -2.11. The summed E-state index contributed by atoms with van der Waals surface area (Å²) in [6.45, 7) is 4.96. The zero-order valence-corrected chi connectivity index (χ0v) is 20.7. The Morgan fingerprint density at radius 1 is 0.643 bits per heavy atom. The van der Waals surface area contributed by atoms with Crippen molar-refractivity contribution >= 4 is 21.9 Å². The molecule has 0 amide bonds. The Kier molecular flexibility index (Phi) is 23.2. The summed E-state index contributed by atoms with van der Waals surface area (Å²) < 4.78 is 5.27. The Hall–Kier alpha value is -0.0500. The first-order chi connectivity index (χ1) is 13.7. The molecule has 2 nitrogen and oxygen atoms in total. The van der Waals surface area contributed by atoms with Crippen LogP contribution in [0.3, 0.4) is 0 Å². The summed E-state index contributed by atoms with van der Waals surface area (Å²) in [6.07, 6.45) is 26.3. The molecule has 0 saturated heterocycles. The molecule has 1 unspecified atom stereocenters. The van der Waals surface area contributed by atoms with Gasteiger partial charge in [0.1, 0.15) is 0 Å². The van der Waals surface area contributed by atoms with Gasteiger partial charge in [-0.25, -0.2) is 0 Å². The van der Waals surface area contributed by atoms with Gasteiger partial charge in [0.25, 0.3) is 0 Å². The van der Waals surface area contributed by atoms with Crippen LogP contribution in [-0.4, -0.2) is 17.4 Å². The number of carbonyl (C=O) groups excluding carboxylic acids is 1. The maximum absolute atomic E-state index is 11.5. The minimum Gasteiger partial charge on any atom is -0.466 e. The molecule has 0 rings (SSSR count). The zero-order valence-electron chi connectivity index (χ0n) is 19.1. The number of halogens is 1. The molecule has 0 aromatic carbocycles. The highest BCUT2D eigenvalue weighted by atomic mass is 79.9. The highest BCUT2D eigenvalue weighted by Gasteiger charge is 2.09. The Balaban J connectivity index is 3.09. The van der Waals surface area contributed by atoms with Crippen molar-refractivity contribution in [1.82, 2.24) is 0 Å². The summed E-state index contributed by atoms with van der Waals surface area (Å²) in [5, 5.41) is 0. The topological polar surface area (TPSA) is 26.3 Å². The molecule has 0 fully saturated rings. The van der Waals surface area contributed by atoms with E-state index in [2.05, 4.69) is 29.8 Å². The van der Waals surface area contributed by atoms with Crippen LogP contribution >= 0.6 is 15.9 Å². The monoisotopic (exact) mass is 460 g/mol. The van der Waals surface area contributed by atoms with Crippen LogP contribution in [0.5, 0.6) is 0 Å². The smallest absolute Gasteiger partial charge is 0.306 e. The molecule has 0 aromatic rings. The van der Waals surface area contributed by atoms with E-state index in [-0.39, 0.29) is 10.8 Å². The number of ether oxygens (including phenoxy) is 1. The highest BCUT2D eigenvalue weighted by molar-refractivity contribution is 9.09. The number of rotatable bonds is 22. The van der Waals surface area contributed by atoms with Gasteiger partial charge >= 0.3 is 5.97 Å². The van der Waals surface area contributed by atoms with E-state index in [0.717, 1.165) is 12.8 Å². The van der Waals surface area contributed by atoms with Gasteiger partial charge in [0.2, 0.25) is 0 Å². The largest absolute Gasteiger partial charge is 0.466 e. The lowest BCUT2D eigenvalue weighted by atomic mass is 10.0. The van der Waals surface area contributed by atoms with Gasteiger partial charge in [0.05, 0.1) is 13.0 Å². The molecule has 0 saturated carbocycles. The average molecular weight is 462 g/mol. The quantitative estimate of drug-likeness (QED) is 0.0913. The molecule has 28 heavy (non-hydrogen) atoms. The third-order valence-electron chi connectivity index (χ3n) is 5.59. The SMILES string of the molecule is CCCCCCCCCCCCCCCCCCCCOC(=O)CC(Br)CC. The average Bonchev–Trinajstić information content (AvgIpc) is 2.69. The van der Waals surface area contributed by atoms with E-state index in [4.69, 9.17) is 4.74 Å². The number of unbranched alkanes of at least 4 members (excludes halogenated alkanes) is 17. The summed E-state index contributed by atoms with van der Waals surface area (Å²) in [7, 11) is 0. The van der Waals surface area contributed by atoms with Crippen molar-refractivity contribution < 1.29 is 9.53 Å². The molecule has 0 radical (unpaired) electrons. The molecular weight excluding hydrogens is 412 g/mol. The van der Waals surface area contributed by atoms with Crippen molar-refractivity contribution in [3.63, 3.8) is 0 Å². The van der Waals surface area contributed by atoms with Crippen LogP contribution < -0.4 is 0 Å². The fraction of sp³-hybridized carbons (Fsp3) is 0.960. The van der Waals surface area contributed by atoms with Crippen molar-refractivity contribution in [3.05, 3.63) is 0 Å². The van der Waals surface area contributed by atoms with Gasteiger partial charge in [-0.2, -0.15) is 0 Å². The van der Waals surface area contributed by atoms with Crippen molar-refractivity contribution in [2.75, 3.05) is 6.61 Å². The van der Waals surface area contributed by atoms with Crippen molar-refractivity contribution in [2.45, 2.75) is 147 Å². The third-order valence-corrected chi connectivity index (χ3v) is 6.56. The molecular formula is C25H49BrO2. The van der Waals surface area contributed by atoms with Gasteiger partial charge < -0.3 is 4.74 Å². The predicted octanol–water partition coefficient (Wildman–Crippen LogP) is 9.13. The molecule has 0 aliphatic carbocycles. The second-order valence-corrected chi connectivity index (χ2v) is 9.74. The molecule has 0 aliphatic rings. The third kappa shape index (κ3) is 22.2. The number of carbonyl (C=O) groups is 1. The molecule has 1 atom stereocenters. The van der Waals surface area contributed by atoms with E-state index in [1.165, 1.54) is 109 Å². The Morgan fingerprint density at radius 3 is 1.36 bits per heavy atom. The van der Waals surface area contributed by atoms with E-state index in [1.807, 2.05) is 0 Å². The number of esters is 1. The van der Waals surface area contributed by atoms with Gasteiger partial charge in [-0.3, -0.25) is 4.79 Å². The first-order valence-corrected chi connectivity index (χ1v) is 13.4. The van der Waals surface area contributed by atoms with Crippen LogP contribution in [0.4, 0.5) is 0 Å². The van der Waals surface area contributed by atoms with Gasteiger partial charge in [-0.1, -0.05) is 139 Å². The minimum absolute atomic E-state index is 0.0595. The van der Waals surface area contributed by atoms with Gasteiger partial charge in [-0.05, 0) is 12.8 Å². The maximum atomic E-state index is 11.5. The zero-order chi connectivity index (χ0) is 20.7. The fourth-order valence-electron chi connectivity index (χ4n) is 3.57. The normalized spacial score (nSPS) is 12.2. The van der Waals surface area contributed by atoms with Crippen molar-refractivity contribution in [1.29, 1.82) is 0 Å². The molecule has 0 heterocycles. The summed E-state index contributed by atoms with van der Waals surface area (Å²) in [4.78, 5) is 11.8. The Bertz CT molecular complexity index is 320. The van der Waals surface area contributed by atoms with Crippen molar-refractivity contribution in [2.24, 2.45) is 0 Å². The lowest BCUT2D eigenvalue weighted by molar-refractivity contribution is -0.143. The number of alkyl halides is 1. The summed E-state index contributed by atoms with van der Waals surface area (Å²) >= 11 is 3.47. The standard InChI is InChI=1S/C25H49BrO2/c1-3-5-6-7-8-9-10-11-12-13-14-15-16-17-18-19-20-21-22-28-25(27)23-24(26)4-2/h24H,3-23H2,1-2H3. The van der Waals surface area contributed by atoms with Crippen molar-refractivity contribution in [3.8, 4) is 0 Å². The minimum atomic E-state index is -0.0595. The fourth-order valence-corrected chi connectivity index (χ4v) is 3.84. The molecule has 0 bridgehead atoms. The van der Waals surface area contributed by atoms with Crippen LogP contribution in [0.15, 0.2) is 0 Å². The summed E-state index contributed by atoms with van der Waals surface area (Å²) in [6, 6.07) is 0. The first-order valence-electron chi connectivity index (χ1n) is 12.5. The summed E-state index contributed by atoms with van der Waals surface area (Å²) in [5.41, 5.74) is 0. The van der Waals surface area contributed by atoms with E-state index >= 15 is 0 Å². The second-order valence-electron chi connectivity index (χ2n) is 8.44. The summed E-state index contributed by atoms with van der Waals surface area (Å²) in [5.74, 6) is -0.0595. The molecule has 0 aromatic heterocycles.